The van der Waals surface area contributed by atoms with Crippen molar-refractivity contribution in [2.24, 2.45) is 0 Å². The maximum atomic E-state index is 15.3. The van der Waals surface area contributed by atoms with Gasteiger partial charge < -0.3 is 9.64 Å². The number of amides is 1. The van der Waals surface area contributed by atoms with Crippen molar-refractivity contribution >= 4 is 22.9 Å². The number of hydrogen-bond donors (Lipinski definition) is 0. The fourth-order valence-corrected chi connectivity index (χ4v) is 5.11. The van der Waals surface area contributed by atoms with E-state index in [4.69, 9.17) is 4.74 Å². The number of hydrogen-bond acceptors (Lipinski definition) is 6. The minimum atomic E-state index is -0.854. The molecule has 1 aliphatic rings. The lowest BCUT2D eigenvalue weighted by Gasteiger charge is -2.18. The molecule has 6 rings (SSSR count). The number of aryl methyl sites for hydroxylation is 1. The van der Waals surface area contributed by atoms with Crippen molar-refractivity contribution in [3.8, 4) is 17.2 Å². The van der Waals surface area contributed by atoms with Crippen LogP contribution >= 0.6 is 0 Å². The standard InChI is InChI=1S/C31H25F2N5O5/c1-2-35-18-23(30(41)38(31(35)42)21-8-6-20(32)7-9-21)26(39)15-19-5-10-27(24(33)14-19)43-28-16-22(36-13-3-4-29(36)40)17-37-25(28)11-12-34-37/h5-12,14,16-18H,2-4,13,15H2,1H3. The van der Waals surface area contributed by atoms with Crippen molar-refractivity contribution in [3.63, 3.8) is 0 Å². The molecule has 43 heavy (non-hydrogen) atoms. The first-order valence-electron chi connectivity index (χ1n) is 13.6. The summed E-state index contributed by atoms with van der Waals surface area (Å²) in [4.78, 5) is 53.3. The van der Waals surface area contributed by atoms with Gasteiger partial charge in [-0.1, -0.05) is 6.07 Å². The highest BCUT2D eigenvalue weighted by molar-refractivity contribution is 5.97. The van der Waals surface area contributed by atoms with Crippen LogP contribution in [0.3, 0.4) is 0 Å². The third kappa shape index (κ3) is 5.23. The summed E-state index contributed by atoms with van der Waals surface area (Å²) in [5, 5.41) is 4.23. The van der Waals surface area contributed by atoms with E-state index in [2.05, 4.69) is 5.10 Å². The van der Waals surface area contributed by atoms with Crippen LogP contribution in [0.15, 0.2) is 82.8 Å². The maximum absolute atomic E-state index is 15.3. The van der Waals surface area contributed by atoms with Gasteiger partial charge in [-0.2, -0.15) is 5.10 Å². The van der Waals surface area contributed by atoms with E-state index in [9.17, 15) is 23.6 Å². The second-order valence-corrected chi connectivity index (χ2v) is 10.1. The highest BCUT2D eigenvalue weighted by Crippen LogP contribution is 2.33. The molecule has 12 heteroatoms. The lowest BCUT2D eigenvalue weighted by molar-refractivity contribution is -0.117. The number of rotatable bonds is 8. The lowest BCUT2D eigenvalue weighted by Crippen LogP contribution is -2.41. The lowest BCUT2D eigenvalue weighted by atomic mass is 10.0. The van der Waals surface area contributed by atoms with E-state index in [-0.39, 0.29) is 41.4 Å². The molecule has 1 aliphatic heterocycles. The van der Waals surface area contributed by atoms with Crippen molar-refractivity contribution in [1.82, 2.24) is 18.7 Å². The second-order valence-electron chi connectivity index (χ2n) is 10.1. The van der Waals surface area contributed by atoms with Crippen molar-refractivity contribution in [2.45, 2.75) is 32.7 Å². The number of ether oxygens (including phenoxy) is 1. The molecule has 5 aromatic rings. The van der Waals surface area contributed by atoms with Gasteiger partial charge in [-0.15, -0.1) is 0 Å². The van der Waals surface area contributed by atoms with Crippen LogP contribution in [0, 0.1) is 11.6 Å². The fourth-order valence-electron chi connectivity index (χ4n) is 5.11. The Morgan fingerprint density at radius 1 is 0.953 bits per heavy atom. The van der Waals surface area contributed by atoms with Crippen molar-refractivity contribution in [3.05, 3.63) is 117 Å². The number of ketones is 1. The van der Waals surface area contributed by atoms with Crippen LogP contribution in [0.25, 0.3) is 11.2 Å². The Bertz CT molecular complexity index is 2010. The SMILES string of the molecule is CCn1cc(C(=O)Cc2ccc(Oc3cc(N4CCCC4=O)cn4nccc34)c(F)c2)c(=O)n(-c2ccc(F)cc2)c1=O. The summed E-state index contributed by atoms with van der Waals surface area (Å²) in [6, 6.07) is 12.2. The fraction of sp³-hybridized carbons (Fsp3) is 0.194. The molecule has 0 N–H and O–H groups in total. The Morgan fingerprint density at radius 3 is 2.44 bits per heavy atom. The van der Waals surface area contributed by atoms with Gasteiger partial charge in [0.1, 0.15) is 16.9 Å². The summed E-state index contributed by atoms with van der Waals surface area (Å²) in [5.74, 6) is -1.74. The number of halogens is 2. The summed E-state index contributed by atoms with van der Waals surface area (Å²) >= 11 is 0. The van der Waals surface area contributed by atoms with Crippen LogP contribution in [-0.2, 0) is 17.8 Å². The predicted molar refractivity (Wildman–Crippen MR) is 153 cm³/mol. The molecule has 4 heterocycles. The van der Waals surface area contributed by atoms with Gasteiger partial charge in [0, 0.05) is 38.2 Å². The number of pyridine rings is 1. The molecular weight excluding hydrogens is 560 g/mol. The van der Waals surface area contributed by atoms with Crippen molar-refractivity contribution in [1.29, 1.82) is 0 Å². The summed E-state index contributed by atoms with van der Waals surface area (Å²) in [6.45, 7) is 2.42. The zero-order valence-electron chi connectivity index (χ0n) is 23.0. The van der Waals surface area contributed by atoms with Crippen LogP contribution < -0.4 is 20.9 Å². The molecule has 10 nitrogen and oxygen atoms in total. The first-order valence-corrected chi connectivity index (χ1v) is 13.6. The van der Waals surface area contributed by atoms with E-state index in [1.807, 2.05) is 0 Å². The third-order valence-electron chi connectivity index (χ3n) is 7.30. The minimum Gasteiger partial charge on any atom is -0.452 e. The monoisotopic (exact) mass is 585 g/mol. The van der Waals surface area contributed by atoms with E-state index < -0.39 is 28.7 Å². The zero-order chi connectivity index (χ0) is 30.2. The number of carbonyl (C=O) groups excluding carboxylic acids is 2. The van der Waals surface area contributed by atoms with Gasteiger partial charge >= 0.3 is 5.69 Å². The number of carbonyl (C=O) groups is 2. The maximum Gasteiger partial charge on any atom is 0.335 e. The molecular formula is C31H25F2N5O5. The summed E-state index contributed by atoms with van der Waals surface area (Å²) < 4.78 is 38.2. The quantitative estimate of drug-likeness (QED) is 0.252. The van der Waals surface area contributed by atoms with E-state index in [1.165, 1.54) is 35.0 Å². The average Bonchev–Trinajstić information content (AvgIpc) is 3.64. The van der Waals surface area contributed by atoms with Crippen LogP contribution in [0.1, 0.15) is 35.7 Å². The molecule has 0 atom stereocenters. The van der Waals surface area contributed by atoms with Crippen LogP contribution in [-0.4, -0.2) is 37.0 Å². The third-order valence-corrected chi connectivity index (χ3v) is 7.30. The van der Waals surface area contributed by atoms with Crippen molar-refractivity contribution in [2.75, 3.05) is 11.4 Å². The molecule has 0 saturated carbocycles. The second kappa shape index (κ2) is 11.1. The Kier molecular flexibility index (Phi) is 7.18. The molecule has 1 amide bonds. The van der Waals surface area contributed by atoms with Crippen LogP contribution in [0.5, 0.6) is 11.5 Å². The summed E-state index contributed by atoms with van der Waals surface area (Å²) in [6.07, 6.45) is 5.33. The van der Waals surface area contributed by atoms with E-state index >= 15 is 4.39 Å². The number of nitrogens with zero attached hydrogens (tertiary/aromatic N) is 5. The van der Waals surface area contributed by atoms with Gasteiger partial charge in [0.2, 0.25) is 5.91 Å². The molecule has 2 aromatic carbocycles. The predicted octanol–water partition coefficient (Wildman–Crippen LogP) is 4.29. The Hall–Kier alpha value is -5.39. The van der Waals surface area contributed by atoms with Gasteiger partial charge in [-0.05, 0) is 61.4 Å². The smallest absolute Gasteiger partial charge is 0.335 e. The van der Waals surface area contributed by atoms with Gasteiger partial charge in [0.25, 0.3) is 5.56 Å². The van der Waals surface area contributed by atoms with Crippen LogP contribution in [0.2, 0.25) is 0 Å². The highest BCUT2D eigenvalue weighted by atomic mass is 19.1. The van der Waals surface area contributed by atoms with E-state index in [0.717, 1.165) is 29.2 Å². The first-order chi connectivity index (χ1) is 20.7. The van der Waals surface area contributed by atoms with Crippen molar-refractivity contribution < 1.29 is 23.1 Å². The van der Waals surface area contributed by atoms with Gasteiger partial charge in [0.15, 0.2) is 23.1 Å². The molecule has 0 radical (unpaired) electrons. The Labute approximate surface area is 243 Å². The van der Waals surface area contributed by atoms with Gasteiger partial charge in [0.05, 0.1) is 23.8 Å². The molecule has 218 valence electrons. The van der Waals surface area contributed by atoms with Crippen LogP contribution in [0.4, 0.5) is 14.5 Å². The Balaban J connectivity index is 1.28. The summed E-state index contributed by atoms with van der Waals surface area (Å²) in [5.41, 5.74) is -0.243. The van der Waals surface area contributed by atoms with Gasteiger partial charge in [-0.3, -0.25) is 19.0 Å². The molecule has 1 saturated heterocycles. The van der Waals surface area contributed by atoms with Gasteiger partial charge in [-0.25, -0.2) is 22.7 Å². The Morgan fingerprint density at radius 2 is 1.74 bits per heavy atom. The molecule has 1 fully saturated rings. The largest absolute Gasteiger partial charge is 0.452 e. The number of fused-ring (bicyclic) bond motifs is 1. The summed E-state index contributed by atoms with van der Waals surface area (Å²) in [7, 11) is 0. The molecule has 0 spiro atoms. The molecule has 0 bridgehead atoms. The van der Waals surface area contributed by atoms with E-state index in [1.54, 1.807) is 40.9 Å². The number of benzene rings is 2. The number of Topliss-reactive ketones (excluding diaryl/α,β-unsaturated/α-hetero) is 1. The topological polar surface area (TPSA) is 108 Å². The number of anilines is 1. The van der Waals surface area contributed by atoms with E-state index in [0.29, 0.717) is 29.9 Å². The highest BCUT2D eigenvalue weighted by Gasteiger charge is 2.24. The minimum absolute atomic E-state index is 0.0172. The molecule has 3 aromatic heterocycles. The zero-order valence-corrected chi connectivity index (χ0v) is 23.0. The molecule has 0 aliphatic carbocycles. The number of aromatic nitrogens is 4. The molecule has 0 unspecified atom stereocenters. The average molecular weight is 586 g/mol. The first kappa shape index (κ1) is 27.8. The normalized spacial score (nSPS) is 13.2.